The fourth-order valence-corrected chi connectivity index (χ4v) is 6.16. The van der Waals surface area contributed by atoms with E-state index in [2.05, 4.69) is 10.6 Å². The average molecular weight is 439 g/mol. The zero-order valence-electron chi connectivity index (χ0n) is 16.0. The molecule has 4 fully saturated rings. The molecule has 8 heteroatoms. The molecule has 4 bridgehead atoms. The van der Waals surface area contributed by atoms with E-state index in [1.807, 2.05) is 0 Å². The Bertz CT molecular complexity index is 807. The van der Waals surface area contributed by atoms with Crippen molar-refractivity contribution in [3.63, 3.8) is 0 Å². The van der Waals surface area contributed by atoms with Crippen molar-refractivity contribution in [1.82, 2.24) is 5.32 Å². The van der Waals surface area contributed by atoms with Crippen molar-refractivity contribution in [3.05, 3.63) is 28.2 Å². The minimum absolute atomic E-state index is 0.0362. The molecule has 4 aliphatic rings. The average Bonchev–Trinajstić information content (AvgIpc) is 2.65. The van der Waals surface area contributed by atoms with Gasteiger partial charge < -0.3 is 15.4 Å². The fourth-order valence-electron chi connectivity index (χ4n) is 5.70. The van der Waals surface area contributed by atoms with Crippen LogP contribution in [0.25, 0.3) is 0 Å². The molecule has 2 amide bonds. The summed E-state index contributed by atoms with van der Waals surface area (Å²) in [4.78, 5) is 36.8. The number of anilines is 1. The van der Waals surface area contributed by atoms with Gasteiger partial charge in [-0.05, 0) is 74.5 Å². The molecule has 6 nitrogen and oxygen atoms in total. The maximum atomic E-state index is 12.8. The summed E-state index contributed by atoms with van der Waals surface area (Å²) in [5, 5.41) is 6.04. The second kappa shape index (κ2) is 8.15. The predicted molar refractivity (Wildman–Crippen MR) is 110 cm³/mol. The number of hydrogen-bond donors (Lipinski definition) is 2. The number of rotatable bonds is 6. The Hall–Kier alpha value is -1.79. The molecule has 1 aromatic carbocycles. The first-order valence-electron chi connectivity index (χ1n) is 10.0. The molecule has 0 aromatic heterocycles. The van der Waals surface area contributed by atoms with Gasteiger partial charge in [0.05, 0.1) is 10.7 Å². The lowest BCUT2D eigenvalue weighted by atomic mass is 9.49. The molecule has 4 saturated carbocycles. The highest BCUT2D eigenvalue weighted by Gasteiger charge is 2.54. The van der Waals surface area contributed by atoms with Crippen molar-refractivity contribution in [3.8, 4) is 0 Å². The standard InChI is InChI=1S/C21H24Cl2N2O4/c22-15-1-2-17(16(23)6-15)25-18(26)11-29-19(27)10-24-20(28)21-7-12-3-13(8-21)5-14(4-12)9-21/h1-2,6,12-14H,3-5,7-11H2,(H,24,28)(H,25,26). The van der Waals surface area contributed by atoms with Crippen molar-refractivity contribution >= 4 is 46.7 Å². The molecule has 1 aromatic rings. The molecule has 0 atom stereocenters. The first-order valence-corrected chi connectivity index (χ1v) is 10.8. The molecule has 156 valence electrons. The predicted octanol–water partition coefficient (Wildman–Crippen LogP) is 3.81. The van der Waals surface area contributed by atoms with Crippen LogP contribution in [0.3, 0.4) is 0 Å². The summed E-state index contributed by atoms with van der Waals surface area (Å²) in [7, 11) is 0. The van der Waals surface area contributed by atoms with Gasteiger partial charge >= 0.3 is 5.97 Å². The Morgan fingerprint density at radius 3 is 2.24 bits per heavy atom. The third-order valence-corrected chi connectivity index (χ3v) is 7.03. The molecule has 0 saturated heterocycles. The molecule has 0 spiro atoms. The molecular formula is C21H24Cl2N2O4. The van der Waals surface area contributed by atoms with Gasteiger partial charge in [0.1, 0.15) is 6.54 Å². The van der Waals surface area contributed by atoms with Crippen LogP contribution in [0.4, 0.5) is 5.69 Å². The Labute approximate surface area is 179 Å². The van der Waals surface area contributed by atoms with E-state index in [0.29, 0.717) is 33.5 Å². The van der Waals surface area contributed by atoms with Gasteiger partial charge in [-0.2, -0.15) is 0 Å². The number of esters is 1. The Balaban J connectivity index is 1.22. The monoisotopic (exact) mass is 438 g/mol. The number of hydrogen-bond acceptors (Lipinski definition) is 4. The molecular weight excluding hydrogens is 415 g/mol. The molecule has 4 aliphatic carbocycles. The molecule has 5 rings (SSSR count). The molecule has 0 radical (unpaired) electrons. The van der Waals surface area contributed by atoms with Gasteiger partial charge in [-0.15, -0.1) is 0 Å². The van der Waals surface area contributed by atoms with E-state index >= 15 is 0 Å². The SMILES string of the molecule is O=C(COC(=O)CNC(=O)C12CC3CC(CC(C3)C1)C2)Nc1ccc(Cl)cc1Cl. The number of amides is 2. The van der Waals surface area contributed by atoms with Crippen LogP contribution in [-0.2, 0) is 19.1 Å². The summed E-state index contributed by atoms with van der Waals surface area (Å²) in [6.07, 6.45) is 6.56. The van der Waals surface area contributed by atoms with Crippen LogP contribution in [0.15, 0.2) is 18.2 Å². The molecule has 0 heterocycles. The first-order chi connectivity index (χ1) is 13.8. The van der Waals surface area contributed by atoms with Gasteiger partial charge in [0.15, 0.2) is 6.61 Å². The van der Waals surface area contributed by atoms with Gasteiger partial charge in [0, 0.05) is 10.4 Å². The van der Waals surface area contributed by atoms with Gasteiger partial charge in [-0.25, -0.2) is 0 Å². The van der Waals surface area contributed by atoms with E-state index in [9.17, 15) is 14.4 Å². The lowest BCUT2D eigenvalue weighted by Crippen LogP contribution is -2.54. The third-order valence-electron chi connectivity index (χ3n) is 6.48. The van der Waals surface area contributed by atoms with Crippen molar-refractivity contribution in [2.75, 3.05) is 18.5 Å². The topological polar surface area (TPSA) is 84.5 Å². The van der Waals surface area contributed by atoms with Crippen molar-refractivity contribution in [2.24, 2.45) is 23.2 Å². The van der Waals surface area contributed by atoms with Gasteiger partial charge in [-0.1, -0.05) is 23.2 Å². The van der Waals surface area contributed by atoms with Gasteiger partial charge in [0.25, 0.3) is 5.91 Å². The number of benzene rings is 1. The van der Waals surface area contributed by atoms with Gasteiger partial charge in [-0.3, -0.25) is 14.4 Å². The largest absolute Gasteiger partial charge is 0.454 e. The summed E-state index contributed by atoms with van der Waals surface area (Å²) in [5.41, 5.74) is 0.0739. The van der Waals surface area contributed by atoms with Gasteiger partial charge in [0.2, 0.25) is 5.91 Å². The normalized spacial score (nSPS) is 29.4. The van der Waals surface area contributed by atoms with E-state index in [-0.39, 0.29) is 17.9 Å². The van der Waals surface area contributed by atoms with Crippen molar-refractivity contribution in [2.45, 2.75) is 38.5 Å². The Kier molecular flexibility index (Phi) is 5.76. The molecule has 2 N–H and O–H groups in total. The number of nitrogens with one attached hydrogen (secondary N) is 2. The summed E-state index contributed by atoms with van der Waals surface area (Å²) in [6, 6.07) is 4.66. The number of ether oxygens (including phenoxy) is 1. The van der Waals surface area contributed by atoms with Crippen LogP contribution in [-0.4, -0.2) is 30.9 Å². The third kappa shape index (κ3) is 4.53. The van der Waals surface area contributed by atoms with Crippen LogP contribution in [0.2, 0.25) is 10.0 Å². The zero-order chi connectivity index (χ0) is 20.6. The van der Waals surface area contributed by atoms with E-state index in [1.165, 1.54) is 25.3 Å². The lowest BCUT2D eigenvalue weighted by Gasteiger charge is -2.55. The Morgan fingerprint density at radius 2 is 1.66 bits per heavy atom. The van der Waals surface area contributed by atoms with Crippen LogP contribution < -0.4 is 10.6 Å². The van der Waals surface area contributed by atoms with E-state index < -0.39 is 18.5 Å². The maximum absolute atomic E-state index is 12.8. The summed E-state index contributed by atoms with van der Waals surface area (Å²) >= 11 is 11.8. The second-order valence-electron chi connectivity index (χ2n) is 8.71. The Morgan fingerprint density at radius 1 is 1.03 bits per heavy atom. The quantitative estimate of drug-likeness (QED) is 0.661. The number of carbonyl (C=O) groups is 3. The first kappa shape index (κ1) is 20.5. The number of halogens is 2. The second-order valence-corrected chi connectivity index (χ2v) is 9.56. The summed E-state index contributed by atoms with van der Waals surface area (Å²) in [5.74, 6) is 0.772. The maximum Gasteiger partial charge on any atom is 0.325 e. The van der Waals surface area contributed by atoms with Crippen molar-refractivity contribution < 1.29 is 19.1 Å². The van der Waals surface area contributed by atoms with Crippen LogP contribution >= 0.6 is 23.2 Å². The van der Waals surface area contributed by atoms with E-state index in [4.69, 9.17) is 27.9 Å². The summed E-state index contributed by atoms with van der Waals surface area (Å²) in [6.45, 7) is -0.680. The molecule has 0 aliphatic heterocycles. The van der Waals surface area contributed by atoms with Crippen LogP contribution in [0.5, 0.6) is 0 Å². The van der Waals surface area contributed by atoms with E-state index in [1.54, 1.807) is 12.1 Å². The van der Waals surface area contributed by atoms with Crippen LogP contribution in [0, 0.1) is 23.2 Å². The summed E-state index contributed by atoms with van der Waals surface area (Å²) < 4.78 is 4.97. The zero-order valence-corrected chi connectivity index (χ0v) is 17.5. The van der Waals surface area contributed by atoms with E-state index in [0.717, 1.165) is 19.3 Å². The highest BCUT2D eigenvalue weighted by molar-refractivity contribution is 6.36. The fraction of sp³-hybridized carbons (Fsp3) is 0.571. The molecule has 29 heavy (non-hydrogen) atoms. The number of carbonyl (C=O) groups excluding carboxylic acids is 3. The van der Waals surface area contributed by atoms with Crippen LogP contribution in [0.1, 0.15) is 38.5 Å². The molecule has 0 unspecified atom stereocenters. The minimum atomic E-state index is -0.638. The highest BCUT2D eigenvalue weighted by Crippen LogP contribution is 2.60. The highest BCUT2D eigenvalue weighted by atomic mass is 35.5. The smallest absolute Gasteiger partial charge is 0.325 e. The lowest BCUT2D eigenvalue weighted by molar-refractivity contribution is -0.152. The minimum Gasteiger partial charge on any atom is -0.454 e. The van der Waals surface area contributed by atoms with Crippen molar-refractivity contribution in [1.29, 1.82) is 0 Å².